The van der Waals surface area contributed by atoms with Crippen molar-refractivity contribution in [1.82, 2.24) is 4.90 Å². The molecular formula is C30H45NO3. The van der Waals surface area contributed by atoms with Crippen LogP contribution in [0.4, 0.5) is 0 Å². The van der Waals surface area contributed by atoms with Crippen LogP contribution in [0.3, 0.4) is 0 Å². The smallest absolute Gasteiger partial charge is 0.311 e. The van der Waals surface area contributed by atoms with Gasteiger partial charge in [-0.25, -0.2) is 0 Å². The maximum absolute atomic E-state index is 12.4. The SMILES string of the molecule is CCCCOCc1ccc(OC(=O)CCC)c(C(CCN(C(C)C)C(C)C)c2ccccc2)c1. The Bertz CT molecular complexity index is 839. The largest absolute Gasteiger partial charge is 0.426 e. The molecule has 0 saturated carbocycles. The third kappa shape index (κ3) is 8.88. The first-order chi connectivity index (χ1) is 16.4. The summed E-state index contributed by atoms with van der Waals surface area (Å²) in [5.41, 5.74) is 3.43. The number of carbonyl (C=O) groups excluding carboxylic acids is 1. The van der Waals surface area contributed by atoms with E-state index in [0.717, 1.165) is 50.0 Å². The molecule has 2 aromatic carbocycles. The lowest BCUT2D eigenvalue weighted by atomic mass is 9.86. The van der Waals surface area contributed by atoms with Crippen molar-refractivity contribution in [2.24, 2.45) is 0 Å². The van der Waals surface area contributed by atoms with E-state index in [1.807, 2.05) is 19.1 Å². The summed E-state index contributed by atoms with van der Waals surface area (Å²) < 4.78 is 11.8. The van der Waals surface area contributed by atoms with Crippen molar-refractivity contribution in [3.63, 3.8) is 0 Å². The van der Waals surface area contributed by atoms with Crippen molar-refractivity contribution in [2.75, 3.05) is 13.2 Å². The lowest BCUT2D eigenvalue weighted by Gasteiger charge is -2.32. The van der Waals surface area contributed by atoms with Crippen molar-refractivity contribution in [2.45, 2.75) is 98.3 Å². The second-order valence-electron chi connectivity index (χ2n) is 9.68. The minimum absolute atomic E-state index is 0.126. The molecule has 0 fully saturated rings. The minimum Gasteiger partial charge on any atom is -0.426 e. The van der Waals surface area contributed by atoms with E-state index in [9.17, 15) is 4.79 Å². The van der Waals surface area contributed by atoms with Crippen LogP contribution in [0.15, 0.2) is 48.5 Å². The Kier molecular flexibility index (Phi) is 12.3. The van der Waals surface area contributed by atoms with Crippen molar-refractivity contribution in [1.29, 1.82) is 0 Å². The summed E-state index contributed by atoms with van der Waals surface area (Å²) in [7, 11) is 0. The van der Waals surface area contributed by atoms with Gasteiger partial charge in [0.1, 0.15) is 5.75 Å². The Morgan fingerprint density at radius 1 is 0.941 bits per heavy atom. The zero-order chi connectivity index (χ0) is 24.9. The van der Waals surface area contributed by atoms with E-state index in [-0.39, 0.29) is 11.9 Å². The maximum Gasteiger partial charge on any atom is 0.311 e. The number of benzene rings is 2. The maximum atomic E-state index is 12.4. The fourth-order valence-electron chi connectivity index (χ4n) is 4.45. The molecule has 0 saturated heterocycles. The van der Waals surface area contributed by atoms with Gasteiger partial charge in [0.25, 0.3) is 0 Å². The van der Waals surface area contributed by atoms with E-state index >= 15 is 0 Å². The van der Waals surface area contributed by atoms with Gasteiger partial charge < -0.3 is 9.47 Å². The third-order valence-corrected chi connectivity index (χ3v) is 6.24. The summed E-state index contributed by atoms with van der Waals surface area (Å²) in [6, 6.07) is 17.7. The molecule has 4 heteroatoms. The van der Waals surface area contributed by atoms with Gasteiger partial charge in [0, 0.05) is 36.6 Å². The molecule has 0 aliphatic heterocycles. The number of nitrogens with zero attached hydrogens (tertiary/aromatic N) is 1. The number of ether oxygens (including phenoxy) is 2. The normalized spacial score (nSPS) is 12.5. The highest BCUT2D eigenvalue weighted by Gasteiger charge is 2.23. The molecule has 0 bridgehead atoms. The van der Waals surface area contributed by atoms with E-state index in [4.69, 9.17) is 9.47 Å². The zero-order valence-electron chi connectivity index (χ0n) is 22.2. The van der Waals surface area contributed by atoms with Crippen LogP contribution in [0.5, 0.6) is 5.75 Å². The Morgan fingerprint density at radius 3 is 2.26 bits per heavy atom. The molecule has 0 aliphatic rings. The monoisotopic (exact) mass is 467 g/mol. The van der Waals surface area contributed by atoms with Crippen molar-refractivity contribution in [3.8, 4) is 5.75 Å². The first-order valence-corrected chi connectivity index (χ1v) is 13.1. The van der Waals surface area contributed by atoms with E-state index in [1.165, 1.54) is 5.56 Å². The number of unbranched alkanes of at least 4 members (excludes halogenated alkanes) is 1. The molecule has 188 valence electrons. The molecule has 0 aliphatic carbocycles. The third-order valence-electron chi connectivity index (χ3n) is 6.24. The molecule has 2 aromatic rings. The number of hydrogen-bond acceptors (Lipinski definition) is 4. The molecule has 0 spiro atoms. The van der Waals surface area contributed by atoms with Gasteiger partial charge in [-0.1, -0.05) is 56.7 Å². The highest BCUT2D eigenvalue weighted by Crippen LogP contribution is 2.36. The van der Waals surface area contributed by atoms with Crippen LogP contribution in [0.2, 0.25) is 0 Å². The number of esters is 1. The highest BCUT2D eigenvalue weighted by molar-refractivity contribution is 5.73. The molecule has 0 N–H and O–H groups in total. The van der Waals surface area contributed by atoms with Crippen molar-refractivity contribution >= 4 is 5.97 Å². The highest BCUT2D eigenvalue weighted by atomic mass is 16.5. The molecule has 2 rings (SSSR count). The second kappa shape index (κ2) is 15.0. The molecule has 0 aromatic heterocycles. The second-order valence-corrected chi connectivity index (χ2v) is 9.68. The lowest BCUT2D eigenvalue weighted by molar-refractivity contribution is -0.134. The molecule has 0 amide bonds. The van der Waals surface area contributed by atoms with Gasteiger partial charge in [-0.3, -0.25) is 9.69 Å². The molecule has 0 heterocycles. The Hall–Kier alpha value is -2.17. The molecule has 1 unspecified atom stereocenters. The van der Waals surface area contributed by atoms with Crippen molar-refractivity contribution in [3.05, 3.63) is 65.2 Å². The van der Waals surface area contributed by atoms with Crippen molar-refractivity contribution < 1.29 is 14.3 Å². The van der Waals surface area contributed by atoms with Crippen LogP contribution in [0.1, 0.15) is 96.3 Å². The average molecular weight is 468 g/mol. The standard InChI is InChI=1S/C30H45NO3/c1-7-9-20-33-22-25-16-17-29(34-30(32)13-8-2)28(21-25)27(26-14-11-10-12-15-26)18-19-31(23(3)4)24(5)6/h10-12,14-17,21,23-24,27H,7-9,13,18-20,22H2,1-6H3. The fourth-order valence-corrected chi connectivity index (χ4v) is 4.45. The van der Waals surface area contributed by atoms with E-state index in [2.05, 4.69) is 75.9 Å². The fraction of sp³-hybridized carbons (Fsp3) is 0.567. The minimum atomic E-state index is -0.173. The van der Waals surface area contributed by atoms with Crippen LogP contribution in [-0.4, -0.2) is 36.1 Å². The Labute approximate surface area is 207 Å². The molecular weight excluding hydrogens is 422 g/mol. The topological polar surface area (TPSA) is 38.8 Å². The predicted molar refractivity (Wildman–Crippen MR) is 141 cm³/mol. The van der Waals surface area contributed by atoms with Crippen LogP contribution in [0.25, 0.3) is 0 Å². The average Bonchev–Trinajstić information content (AvgIpc) is 2.81. The molecule has 4 nitrogen and oxygen atoms in total. The summed E-state index contributed by atoms with van der Waals surface area (Å²) in [6.45, 7) is 15.5. The summed E-state index contributed by atoms with van der Waals surface area (Å²) in [6.07, 6.45) is 4.32. The van der Waals surface area contributed by atoms with Gasteiger partial charge in [0.05, 0.1) is 6.61 Å². The molecule has 0 radical (unpaired) electrons. The Balaban J connectivity index is 2.43. The first-order valence-electron chi connectivity index (χ1n) is 13.1. The van der Waals surface area contributed by atoms with Crippen LogP contribution >= 0.6 is 0 Å². The van der Waals surface area contributed by atoms with Crippen LogP contribution in [-0.2, 0) is 16.1 Å². The number of carbonyl (C=O) groups is 1. The molecule has 34 heavy (non-hydrogen) atoms. The zero-order valence-corrected chi connectivity index (χ0v) is 22.2. The lowest BCUT2D eigenvalue weighted by Crippen LogP contribution is -2.38. The summed E-state index contributed by atoms with van der Waals surface area (Å²) in [5, 5.41) is 0. The number of hydrogen-bond donors (Lipinski definition) is 0. The van der Waals surface area contributed by atoms with E-state index in [0.29, 0.717) is 30.9 Å². The quantitative estimate of drug-likeness (QED) is 0.156. The summed E-state index contributed by atoms with van der Waals surface area (Å²) in [5.74, 6) is 0.625. The first kappa shape index (κ1) is 28.1. The van der Waals surface area contributed by atoms with Gasteiger partial charge in [0.15, 0.2) is 0 Å². The van der Waals surface area contributed by atoms with Gasteiger partial charge >= 0.3 is 5.97 Å². The Morgan fingerprint density at radius 2 is 1.65 bits per heavy atom. The van der Waals surface area contributed by atoms with Gasteiger partial charge in [-0.2, -0.15) is 0 Å². The molecule has 1 atom stereocenters. The number of rotatable bonds is 15. The van der Waals surface area contributed by atoms with Gasteiger partial charge in [-0.15, -0.1) is 0 Å². The van der Waals surface area contributed by atoms with Gasteiger partial charge in [0.2, 0.25) is 0 Å². The predicted octanol–water partition coefficient (Wildman–Crippen LogP) is 7.35. The van der Waals surface area contributed by atoms with E-state index < -0.39 is 0 Å². The van der Waals surface area contributed by atoms with Gasteiger partial charge in [-0.05, 0) is 76.8 Å². The summed E-state index contributed by atoms with van der Waals surface area (Å²) in [4.78, 5) is 15.0. The van der Waals surface area contributed by atoms with Crippen LogP contribution in [0, 0.1) is 0 Å². The van der Waals surface area contributed by atoms with E-state index in [1.54, 1.807) is 0 Å². The summed E-state index contributed by atoms with van der Waals surface area (Å²) >= 11 is 0. The van der Waals surface area contributed by atoms with Crippen LogP contribution < -0.4 is 4.74 Å².